The molecule has 0 aliphatic carbocycles. The maximum atomic E-state index is 11.1. The number of nitrogen functional groups attached to an aromatic ring is 1. The second kappa shape index (κ2) is 3.89. The highest BCUT2D eigenvalue weighted by Gasteiger charge is 2.08. The first-order valence-electron chi connectivity index (χ1n) is 4.02. The molecule has 1 heterocycles. The van der Waals surface area contributed by atoms with E-state index in [4.69, 9.17) is 5.73 Å². The monoisotopic (exact) mass is 180 g/mol. The summed E-state index contributed by atoms with van der Waals surface area (Å²) in [6.07, 6.45) is 0.705. The van der Waals surface area contributed by atoms with Gasteiger partial charge in [0.05, 0.1) is 18.5 Å². The molecule has 0 spiro atoms. The zero-order valence-corrected chi connectivity index (χ0v) is 7.70. The van der Waals surface area contributed by atoms with E-state index >= 15 is 0 Å². The molecular weight excluding hydrogens is 168 g/mol. The Hall–Kier alpha value is -1.58. The van der Waals surface area contributed by atoms with Gasteiger partial charge in [-0.1, -0.05) is 6.92 Å². The fourth-order valence-electron chi connectivity index (χ4n) is 1.01. The number of esters is 1. The predicted molar refractivity (Wildman–Crippen MR) is 49.4 cm³/mol. The van der Waals surface area contributed by atoms with Gasteiger partial charge in [-0.2, -0.15) is 0 Å². The lowest BCUT2D eigenvalue weighted by Crippen LogP contribution is -2.07. The molecule has 0 saturated heterocycles. The van der Waals surface area contributed by atoms with Crippen LogP contribution in [0.15, 0.2) is 12.1 Å². The Bertz CT molecular complexity index is 323. The minimum atomic E-state index is -0.435. The van der Waals surface area contributed by atoms with E-state index in [9.17, 15) is 4.79 Å². The predicted octanol–water partition coefficient (Wildman–Crippen LogP) is 1.01. The van der Waals surface area contributed by atoms with Crippen molar-refractivity contribution >= 4 is 11.7 Å². The number of methoxy groups -OCH3 is 1. The van der Waals surface area contributed by atoms with Gasteiger partial charge >= 0.3 is 5.97 Å². The maximum absolute atomic E-state index is 11.1. The average molecular weight is 180 g/mol. The number of ether oxygens (including phenoxy) is 1. The van der Waals surface area contributed by atoms with Gasteiger partial charge in [0.15, 0.2) is 0 Å². The number of anilines is 1. The van der Waals surface area contributed by atoms with Crippen LogP contribution in [0.4, 0.5) is 5.69 Å². The molecule has 0 bridgehead atoms. The number of hydrogen-bond donors (Lipinski definition) is 1. The lowest BCUT2D eigenvalue weighted by atomic mass is 10.2. The smallest absolute Gasteiger partial charge is 0.356 e. The Kier molecular flexibility index (Phi) is 2.84. The second-order valence-electron chi connectivity index (χ2n) is 2.58. The molecule has 1 aromatic rings. The van der Waals surface area contributed by atoms with Gasteiger partial charge in [0, 0.05) is 0 Å². The van der Waals surface area contributed by atoms with E-state index in [-0.39, 0.29) is 0 Å². The summed E-state index contributed by atoms with van der Waals surface area (Å²) in [4.78, 5) is 15.1. The summed E-state index contributed by atoms with van der Waals surface area (Å²) in [5.41, 5.74) is 7.26. The third kappa shape index (κ3) is 1.96. The van der Waals surface area contributed by atoms with Crippen LogP contribution in [0.25, 0.3) is 0 Å². The van der Waals surface area contributed by atoms with E-state index < -0.39 is 5.97 Å². The molecular formula is C9H12N2O2. The lowest BCUT2D eigenvalue weighted by molar-refractivity contribution is 0.0594. The molecule has 4 heteroatoms. The van der Waals surface area contributed by atoms with Gasteiger partial charge in [-0.05, 0) is 18.6 Å². The molecule has 0 aromatic carbocycles. The van der Waals surface area contributed by atoms with Crippen molar-refractivity contribution in [2.24, 2.45) is 0 Å². The van der Waals surface area contributed by atoms with Crippen molar-refractivity contribution in [3.63, 3.8) is 0 Å². The van der Waals surface area contributed by atoms with Crippen molar-refractivity contribution in [3.8, 4) is 0 Å². The first-order valence-corrected chi connectivity index (χ1v) is 4.02. The van der Waals surface area contributed by atoms with Crippen molar-refractivity contribution in [1.29, 1.82) is 0 Å². The normalized spacial score (nSPS) is 9.69. The topological polar surface area (TPSA) is 65.2 Å². The summed E-state index contributed by atoms with van der Waals surface area (Å²) < 4.78 is 4.53. The highest BCUT2D eigenvalue weighted by molar-refractivity contribution is 5.87. The van der Waals surface area contributed by atoms with Gasteiger partial charge in [0.1, 0.15) is 5.69 Å². The number of hydrogen-bond acceptors (Lipinski definition) is 4. The molecule has 0 atom stereocenters. The van der Waals surface area contributed by atoms with Gasteiger partial charge in [-0.25, -0.2) is 9.78 Å². The standard InChI is InChI=1S/C9H12N2O2/c1-3-7-6(10)4-5-8(11-7)9(12)13-2/h4-5H,3,10H2,1-2H3. The average Bonchev–Trinajstić information content (AvgIpc) is 2.17. The molecule has 0 saturated carbocycles. The summed E-state index contributed by atoms with van der Waals surface area (Å²) in [6, 6.07) is 3.22. The van der Waals surface area contributed by atoms with Crippen LogP contribution in [0.3, 0.4) is 0 Å². The fourth-order valence-corrected chi connectivity index (χ4v) is 1.01. The highest BCUT2D eigenvalue weighted by atomic mass is 16.5. The van der Waals surface area contributed by atoms with Crippen molar-refractivity contribution in [2.75, 3.05) is 12.8 Å². The van der Waals surface area contributed by atoms with Gasteiger partial charge in [-0.15, -0.1) is 0 Å². The highest BCUT2D eigenvalue weighted by Crippen LogP contribution is 2.10. The van der Waals surface area contributed by atoms with Crippen LogP contribution >= 0.6 is 0 Å². The third-order valence-corrected chi connectivity index (χ3v) is 1.74. The van der Waals surface area contributed by atoms with Crippen LogP contribution in [0.1, 0.15) is 23.1 Å². The van der Waals surface area contributed by atoms with Gasteiger partial charge in [-0.3, -0.25) is 0 Å². The molecule has 13 heavy (non-hydrogen) atoms. The third-order valence-electron chi connectivity index (χ3n) is 1.74. The Morgan fingerprint density at radius 1 is 1.62 bits per heavy atom. The number of carbonyl (C=O) groups excluding carboxylic acids is 1. The molecule has 1 rings (SSSR count). The molecule has 0 radical (unpaired) electrons. The Labute approximate surface area is 76.7 Å². The fraction of sp³-hybridized carbons (Fsp3) is 0.333. The summed E-state index contributed by atoms with van der Waals surface area (Å²) in [7, 11) is 1.33. The zero-order chi connectivity index (χ0) is 9.84. The number of nitrogens with zero attached hydrogens (tertiary/aromatic N) is 1. The van der Waals surface area contributed by atoms with Crippen LogP contribution in [0.5, 0.6) is 0 Å². The number of rotatable bonds is 2. The number of aromatic nitrogens is 1. The largest absolute Gasteiger partial charge is 0.464 e. The Balaban J connectivity index is 3.06. The summed E-state index contributed by atoms with van der Waals surface area (Å²) >= 11 is 0. The van der Waals surface area contributed by atoms with Crippen LogP contribution in [0, 0.1) is 0 Å². The molecule has 70 valence electrons. The van der Waals surface area contributed by atoms with Crippen LogP contribution < -0.4 is 5.73 Å². The van der Waals surface area contributed by atoms with Gasteiger partial charge < -0.3 is 10.5 Å². The van der Waals surface area contributed by atoms with E-state index in [1.54, 1.807) is 12.1 Å². The second-order valence-corrected chi connectivity index (χ2v) is 2.58. The Morgan fingerprint density at radius 3 is 2.85 bits per heavy atom. The summed E-state index contributed by atoms with van der Waals surface area (Å²) in [6.45, 7) is 1.93. The molecule has 0 fully saturated rings. The number of nitrogens with two attached hydrogens (primary N) is 1. The van der Waals surface area contributed by atoms with Crippen molar-refractivity contribution in [1.82, 2.24) is 4.98 Å². The molecule has 4 nitrogen and oxygen atoms in total. The van der Waals surface area contributed by atoms with E-state index in [0.29, 0.717) is 17.8 Å². The van der Waals surface area contributed by atoms with Crippen molar-refractivity contribution < 1.29 is 9.53 Å². The van der Waals surface area contributed by atoms with Crippen LogP contribution in [-0.2, 0) is 11.2 Å². The molecule has 0 aliphatic heterocycles. The van der Waals surface area contributed by atoms with E-state index in [1.165, 1.54) is 7.11 Å². The number of carbonyl (C=O) groups is 1. The van der Waals surface area contributed by atoms with Crippen molar-refractivity contribution in [2.45, 2.75) is 13.3 Å². The molecule has 0 amide bonds. The summed E-state index contributed by atoms with van der Waals surface area (Å²) in [5.74, 6) is -0.435. The van der Waals surface area contributed by atoms with E-state index in [2.05, 4.69) is 9.72 Å². The maximum Gasteiger partial charge on any atom is 0.356 e. The minimum Gasteiger partial charge on any atom is -0.464 e. The molecule has 1 aromatic heterocycles. The lowest BCUT2D eigenvalue weighted by Gasteiger charge is -2.03. The summed E-state index contributed by atoms with van der Waals surface area (Å²) in [5, 5.41) is 0. The van der Waals surface area contributed by atoms with E-state index in [0.717, 1.165) is 5.69 Å². The number of aryl methyl sites for hydroxylation is 1. The quantitative estimate of drug-likeness (QED) is 0.690. The first-order chi connectivity index (χ1) is 6.19. The molecule has 2 N–H and O–H groups in total. The van der Waals surface area contributed by atoms with E-state index in [1.807, 2.05) is 6.92 Å². The first kappa shape index (κ1) is 9.51. The molecule has 0 unspecified atom stereocenters. The van der Waals surface area contributed by atoms with Crippen molar-refractivity contribution in [3.05, 3.63) is 23.5 Å². The number of pyridine rings is 1. The SMILES string of the molecule is CCc1nc(C(=O)OC)ccc1N. The molecule has 0 aliphatic rings. The van der Waals surface area contributed by atoms with Gasteiger partial charge in [0.25, 0.3) is 0 Å². The zero-order valence-electron chi connectivity index (χ0n) is 7.70. The van der Waals surface area contributed by atoms with Crippen LogP contribution in [0.2, 0.25) is 0 Å². The van der Waals surface area contributed by atoms with Crippen LogP contribution in [-0.4, -0.2) is 18.1 Å². The Morgan fingerprint density at radius 2 is 2.31 bits per heavy atom. The minimum absolute atomic E-state index is 0.300. The van der Waals surface area contributed by atoms with Gasteiger partial charge in [0.2, 0.25) is 0 Å².